The van der Waals surface area contributed by atoms with Crippen molar-refractivity contribution in [2.75, 3.05) is 14.2 Å². The molecule has 0 saturated carbocycles. The predicted molar refractivity (Wildman–Crippen MR) is 90.1 cm³/mol. The number of methoxy groups -OCH3 is 1. The molecular formula is C17H16N2O4S. The van der Waals surface area contributed by atoms with Gasteiger partial charge in [0.2, 0.25) is 9.84 Å². The van der Waals surface area contributed by atoms with Gasteiger partial charge >= 0.3 is 0 Å². The largest absolute Gasteiger partial charge is 0.497 e. The van der Waals surface area contributed by atoms with Gasteiger partial charge in [-0.25, -0.2) is 8.42 Å². The van der Waals surface area contributed by atoms with Crippen LogP contribution in [0.3, 0.4) is 0 Å². The first-order valence-corrected chi connectivity index (χ1v) is 8.68. The second kappa shape index (κ2) is 6.01. The van der Waals surface area contributed by atoms with Crippen LogP contribution in [0, 0.1) is 0 Å². The standard InChI is InChI=1S/C17H16N2O4S/c1-18-17(20)14-5-3-4-13-15(10-19-16(13)14)24(21,22)12-8-6-11(23-2)7-9-12/h3-10,19H,1-2H3,(H,18,20). The van der Waals surface area contributed by atoms with Crippen LogP contribution in [-0.4, -0.2) is 33.5 Å². The molecule has 0 bridgehead atoms. The number of ether oxygens (including phenoxy) is 1. The number of fused-ring (bicyclic) bond motifs is 1. The molecule has 1 aromatic heterocycles. The number of carbonyl (C=O) groups is 1. The van der Waals surface area contributed by atoms with Crippen LogP contribution in [-0.2, 0) is 9.84 Å². The fraction of sp³-hybridized carbons (Fsp3) is 0.118. The van der Waals surface area contributed by atoms with E-state index in [9.17, 15) is 13.2 Å². The normalized spacial score (nSPS) is 11.4. The summed E-state index contributed by atoms with van der Waals surface area (Å²) in [6.07, 6.45) is 1.41. The van der Waals surface area contributed by atoms with Gasteiger partial charge in [0.05, 0.1) is 28.0 Å². The second-order valence-electron chi connectivity index (χ2n) is 5.14. The van der Waals surface area contributed by atoms with Crippen molar-refractivity contribution < 1.29 is 17.9 Å². The fourth-order valence-corrected chi connectivity index (χ4v) is 3.98. The molecule has 1 amide bonds. The third kappa shape index (κ3) is 2.52. The van der Waals surface area contributed by atoms with E-state index in [1.54, 1.807) is 30.3 Å². The van der Waals surface area contributed by atoms with Crippen LogP contribution in [0.2, 0.25) is 0 Å². The number of benzene rings is 2. The highest BCUT2D eigenvalue weighted by Gasteiger charge is 2.23. The molecule has 0 spiro atoms. The molecule has 0 aliphatic rings. The van der Waals surface area contributed by atoms with Crippen molar-refractivity contribution in [1.29, 1.82) is 0 Å². The summed E-state index contributed by atoms with van der Waals surface area (Å²) < 4.78 is 30.8. The minimum atomic E-state index is -3.71. The Hall–Kier alpha value is -2.80. The Morgan fingerprint density at radius 1 is 1.12 bits per heavy atom. The molecule has 0 aliphatic carbocycles. The average Bonchev–Trinajstić information content (AvgIpc) is 3.06. The summed E-state index contributed by atoms with van der Waals surface area (Å²) in [4.78, 5) is 15.1. The van der Waals surface area contributed by atoms with Crippen LogP contribution >= 0.6 is 0 Å². The molecule has 2 N–H and O–H groups in total. The molecule has 0 radical (unpaired) electrons. The summed E-state index contributed by atoms with van der Waals surface area (Å²) in [5.74, 6) is 0.297. The van der Waals surface area contributed by atoms with Gasteiger partial charge in [-0.2, -0.15) is 0 Å². The first kappa shape index (κ1) is 16.1. The zero-order chi connectivity index (χ0) is 17.3. The summed E-state index contributed by atoms with van der Waals surface area (Å²) in [7, 11) is -0.671. The van der Waals surface area contributed by atoms with E-state index < -0.39 is 9.84 Å². The maximum Gasteiger partial charge on any atom is 0.253 e. The molecule has 0 saturated heterocycles. The SMILES string of the molecule is CNC(=O)c1cccc2c(S(=O)(=O)c3ccc(OC)cc3)c[nH]c12. The van der Waals surface area contributed by atoms with Crippen molar-refractivity contribution in [2.24, 2.45) is 0 Å². The predicted octanol–water partition coefficient (Wildman–Crippen LogP) is 2.37. The number of carbonyl (C=O) groups excluding carboxylic acids is 1. The lowest BCUT2D eigenvalue weighted by molar-refractivity contribution is 0.0964. The molecule has 1 heterocycles. The van der Waals surface area contributed by atoms with Crippen LogP contribution in [0.15, 0.2) is 58.5 Å². The minimum Gasteiger partial charge on any atom is -0.497 e. The van der Waals surface area contributed by atoms with E-state index in [0.29, 0.717) is 22.2 Å². The number of rotatable bonds is 4. The molecule has 0 aliphatic heterocycles. The molecule has 0 fully saturated rings. The third-order valence-electron chi connectivity index (χ3n) is 3.81. The Balaban J connectivity index is 2.16. The molecule has 0 atom stereocenters. The summed E-state index contributed by atoms with van der Waals surface area (Å²) in [5.41, 5.74) is 0.884. The molecule has 6 nitrogen and oxygen atoms in total. The fourth-order valence-electron chi connectivity index (χ4n) is 2.56. The minimum absolute atomic E-state index is 0.133. The van der Waals surface area contributed by atoms with E-state index in [1.165, 1.54) is 32.5 Å². The second-order valence-corrected chi connectivity index (χ2v) is 7.06. The van der Waals surface area contributed by atoms with Crippen LogP contribution in [0.1, 0.15) is 10.4 Å². The van der Waals surface area contributed by atoms with E-state index >= 15 is 0 Å². The maximum atomic E-state index is 12.9. The Morgan fingerprint density at radius 2 is 1.83 bits per heavy atom. The zero-order valence-corrected chi connectivity index (χ0v) is 14.0. The number of sulfone groups is 1. The number of aromatic nitrogens is 1. The van der Waals surface area contributed by atoms with Gasteiger partial charge in [0, 0.05) is 18.6 Å². The van der Waals surface area contributed by atoms with Crippen molar-refractivity contribution in [3.05, 3.63) is 54.2 Å². The summed E-state index contributed by atoms with van der Waals surface area (Å²) in [6, 6.07) is 11.2. The van der Waals surface area contributed by atoms with Crippen molar-refractivity contribution in [3.63, 3.8) is 0 Å². The first-order chi connectivity index (χ1) is 11.5. The summed E-state index contributed by atoms with van der Waals surface area (Å²) in [5, 5.41) is 3.02. The van der Waals surface area contributed by atoms with Gasteiger partial charge in [-0.1, -0.05) is 12.1 Å². The van der Waals surface area contributed by atoms with E-state index in [0.717, 1.165) is 0 Å². The van der Waals surface area contributed by atoms with E-state index in [2.05, 4.69) is 10.3 Å². The zero-order valence-electron chi connectivity index (χ0n) is 13.2. The van der Waals surface area contributed by atoms with Gasteiger partial charge in [-0.05, 0) is 30.3 Å². The van der Waals surface area contributed by atoms with Crippen LogP contribution in [0.25, 0.3) is 10.9 Å². The lowest BCUT2D eigenvalue weighted by Crippen LogP contribution is -2.18. The number of para-hydroxylation sites is 1. The van der Waals surface area contributed by atoms with Crippen LogP contribution in [0.4, 0.5) is 0 Å². The van der Waals surface area contributed by atoms with Gasteiger partial charge in [0.25, 0.3) is 5.91 Å². The van der Waals surface area contributed by atoms with Crippen molar-refractivity contribution >= 4 is 26.6 Å². The monoisotopic (exact) mass is 344 g/mol. The van der Waals surface area contributed by atoms with E-state index in [-0.39, 0.29) is 15.7 Å². The van der Waals surface area contributed by atoms with E-state index in [1.807, 2.05) is 0 Å². The summed E-state index contributed by atoms with van der Waals surface area (Å²) in [6.45, 7) is 0. The average molecular weight is 344 g/mol. The smallest absolute Gasteiger partial charge is 0.253 e. The Kier molecular flexibility index (Phi) is 4.02. The highest BCUT2D eigenvalue weighted by molar-refractivity contribution is 7.91. The molecule has 3 aromatic rings. The van der Waals surface area contributed by atoms with Crippen molar-refractivity contribution in [1.82, 2.24) is 10.3 Å². The number of amides is 1. The lowest BCUT2D eigenvalue weighted by Gasteiger charge is -2.06. The number of nitrogens with one attached hydrogen (secondary N) is 2. The molecule has 0 unspecified atom stereocenters. The van der Waals surface area contributed by atoms with Crippen molar-refractivity contribution in [3.8, 4) is 5.75 Å². The number of hydrogen-bond acceptors (Lipinski definition) is 4. The molecule has 7 heteroatoms. The quantitative estimate of drug-likeness (QED) is 0.760. The molecule has 124 valence electrons. The third-order valence-corrected chi connectivity index (χ3v) is 5.62. The summed E-state index contributed by atoms with van der Waals surface area (Å²) >= 11 is 0. The Bertz CT molecular complexity index is 1000. The van der Waals surface area contributed by atoms with Crippen LogP contribution in [0.5, 0.6) is 5.75 Å². The maximum absolute atomic E-state index is 12.9. The van der Waals surface area contributed by atoms with Crippen molar-refractivity contribution in [2.45, 2.75) is 9.79 Å². The van der Waals surface area contributed by atoms with E-state index in [4.69, 9.17) is 4.74 Å². The number of hydrogen-bond donors (Lipinski definition) is 2. The van der Waals surface area contributed by atoms with Gasteiger partial charge in [0.1, 0.15) is 5.75 Å². The Labute approximate surface area is 139 Å². The van der Waals surface area contributed by atoms with Crippen LogP contribution < -0.4 is 10.1 Å². The van der Waals surface area contributed by atoms with Gasteiger partial charge in [-0.3, -0.25) is 4.79 Å². The number of H-pyrrole nitrogens is 1. The molecule has 3 rings (SSSR count). The first-order valence-electron chi connectivity index (χ1n) is 7.20. The van der Waals surface area contributed by atoms with Gasteiger partial charge in [0.15, 0.2) is 0 Å². The van der Waals surface area contributed by atoms with Gasteiger partial charge < -0.3 is 15.0 Å². The Morgan fingerprint density at radius 3 is 2.46 bits per heavy atom. The highest BCUT2D eigenvalue weighted by atomic mass is 32.2. The highest BCUT2D eigenvalue weighted by Crippen LogP contribution is 2.30. The number of aromatic amines is 1. The topological polar surface area (TPSA) is 88.3 Å². The molecular weight excluding hydrogens is 328 g/mol. The lowest BCUT2D eigenvalue weighted by atomic mass is 10.1. The molecule has 2 aromatic carbocycles. The van der Waals surface area contributed by atoms with Gasteiger partial charge in [-0.15, -0.1) is 0 Å². The molecule has 24 heavy (non-hydrogen) atoms.